The first-order chi connectivity index (χ1) is 9.96. The normalized spacial score (nSPS) is 13.6. The summed E-state index contributed by atoms with van der Waals surface area (Å²) in [6, 6.07) is 8.44. The third-order valence-corrected chi connectivity index (χ3v) is 3.63. The van der Waals surface area contributed by atoms with Crippen molar-refractivity contribution in [1.29, 1.82) is 0 Å². The van der Waals surface area contributed by atoms with Crippen molar-refractivity contribution in [3.8, 4) is 0 Å². The zero-order chi connectivity index (χ0) is 15.9. The van der Waals surface area contributed by atoms with Gasteiger partial charge in [0.25, 0.3) is 0 Å². The van der Waals surface area contributed by atoms with E-state index in [1.54, 1.807) is 0 Å². The van der Waals surface area contributed by atoms with Crippen LogP contribution >= 0.6 is 0 Å². The van der Waals surface area contributed by atoms with Gasteiger partial charge in [-0.3, -0.25) is 0 Å². The molecule has 0 heterocycles. The molecule has 1 rings (SSSR count). The number of anilines is 1. The number of ether oxygens (including phenoxy) is 1. The van der Waals surface area contributed by atoms with Crippen LogP contribution < -0.4 is 10.2 Å². The molecular formula is C17H28N2O2. The summed E-state index contributed by atoms with van der Waals surface area (Å²) < 4.78 is 5.20. The fraction of sp³-hybridized carbons (Fsp3) is 0.588. The standard InChI is InChI=1S/C17H28N2O2/c1-6-14-9-11-15(12-10-14)19(5)13-17(4,18-7-2)16(20)21-8-3/h9-12,18H,6-8,13H2,1-5H3. The van der Waals surface area contributed by atoms with E-state index >= 15 is 0 Å². The molecule has 0 spiro atoms. The summed E-state index contributed by atoms with van der Waals surface area (Å²) in [5.74, 6) is -0.205. The molecule has 1 aromatic carbocycles. The summed E-state index contributed by atoms with van der Waals surface area (Å²) in [7, 11) is 2.00. The minimum Gasteiger partial charge on any atom is -0.465 e. The molecule has 0 saturated carbocycles. The van der Waals surface area contributed by atoms with Crippen LogP contribution in [0.25, 0.3) is 0 Å². The number of hydrogen-bond donors (Lipinski definition) is 1. The van der Waals surface area contributed by atoms with E-state index < -0.39 is 5.54 Å². The average molecular weight is 292 g/mol. The first kappa shape index (κ1) is 17.5. The highest BCUT2D eigenvalue weighted by atomic mass is 16.5. The molecule has 0 aliphatic carbocycles. The number of rotatable bonds is 8. The second-order valence-corrected chi connectivity index (χ2v) is 5.46. The van der Waals surface area contributed by atoms with Gasteiger partial charge in [-0.15, -0.1) is 0 Å². The number of benzene rings is 1. The molecular weight excluding hydrogens is 264 g/mol. The lowest BCUT2D eigenvalue weighted by atomic mass is 10.0. The Morgan fingerprint density at radius 2 is 1.86 bits per heavy atom. The highest BCUT2D eigenvalue weighted by molar-refractivity contribution is 5.81. The smallest absolute Gasteiger partial charge is 0.327 e. The Morgan fingerprint density at radius 1 is 1.24 bits per heavy atom. The van der Waals surface area contributed by atoms with Crippen molar-refractivity contribution in [3.05, 3.63) is 29.8 Å². The predicted octanol–water partition coefficient (Wildman–Crippen LogP) is 2.62. The molecule has 0 aromatic heterocycles. The number of nitrogens with one attached hydrogen (secondary N) is 1. The number of nitrogens with zero attached hydrogens (tertiary/aromatic N) is 1. The fourth-order valence-corrected chi connectivity index (χ4v) is 2.42. The summed E-state index contributed by atoms with van der Waals surface area (Å²) in [5.41, 5.74) is 1.70. The van der Waals surface area contributed by atoms with E-state index in [2.05, 4.69) is 41.4 Å². The number of carbonyl (C=O) groups excluding carboxylic acids is 1. The van der Waals surface area contributed by atoms with Crippen molar-refractivity contribution in [2.75, 3.05) is 31.6 Å². The van der Waals surface area contributed by atoms with Gasteiger partial charge in [-0.25, -0.2) is 4.79 Å². The summed E-state index contributed by atoms with van der Waals surface area (Å²) in [4.78, 5) is 14.3. The highest BCUT2D eigenvalue weighted by Gasteiger charge is 2.35. The summed E-state index contributed by atoms with van der Waals surface area (Å²) in [6.07, 6.45) is 1.03. The monoisotopic (exact) mass is 292 g/mol. The Labute approximate surface area is 128 Å². The van der Waals surface area contributed by atoms with Crippen molar-refractivity contribution in [3.63, 3.8) is 0 Å². The minimum absolute atomic E-state index is 0.205. The molecule has 1 atom stereocenters. The number of likely N-dealkylation sites (N-methyl/N-ethyl adjacent to an activating group) is 2. The van der Waals surface area contributed by atoms with Crippen LogP contribution in [0, 0.1) is 0 Å². The lowest BCUT2D eigenvalue weighted by molar-refractivity contribution is -0.150. The minimum atomic E-state index is -0.705. The third kappa shape index (κ3) is 4.74. The van der Waals surface area contributed by atoms with Crippen LogP contribution in [0.15, 0.2) is 24.3 Å². The zero-order valence-corrected chi connectivity index (χ0v) is 13.9. The van der Waals surface area contributed by atoms with Crippen LogP contribution in [-0.4, -0.2) is 38.3 Å². The fourth-order valence-electron chi connectivity index (χ4n) is 2.42. The first-order valence-electron chi connectivity index (χ1n) is 7.69. The van der Waals surface area contributed by atoms with E-state index in [-0.39, 0.29) is 5.97 Å². The zero-order valence-electron chi connectivity index (χ0n) is 13.9. The summed E-state index contributed by atoms with van der Waals surface area (Å²) >= 11 is 0. The van der Waals surface area contributed by atoms with Crippen LogP contribution in [0.4, 0.5) is 5.69 Å². The van der Waals surface area contributed by atoms with E-state index in [0.29, 0.717) is 13.2 Å². The summed E-state index contributed by atoms with van der Waals surface area (Å²) in [6.45, 7) is 9.54. The lowest BCUT2D eigenvalue weighted by Gasteiger charge is -2.33. The molecule has 0 aliphatic heterocycles. The van der Waals surface area contributed by atoms with Crippen molar-refractivity contribution in [1.82, 2.24) is 5.32 Å². The van der Waals surface area contributed by atoms with Gasteiger partial charge in [0, 0.05) is 19.3 Å². The van der Waals surface area contributed by atoms with Gasteiger partial charge in [0.1, 0.15) is 5.54 Å². The maximum atomic E-state index is 12.2. The molecule has 21 heavy (non-hydrogen) atoms. The highest BCUT2D eigenvalue weighted by Crippen LogP contribution is 2.18. The molecule has 4 nitrogen and oxygen atoms in total. The van der Waals surface area contributed by atoms with Crippen LogP contribution in [0.2, 0.25) is 0 Å². The molecule has 0 bridgehead atoms. The van der Waals surface area contributed by atoms with E-state index in [1.807, 2.05) is 27.8 Å². The Hall–Kier alpha value is -1.55. The molecule has 1 aromatic rings. The van der Waals surface area contributed by atoms with Gasteiger partial charge in [0.2, 0.25) is 0 Å². The van der Waals surface area contributed by atoms with Crippen LogP contribution in [0.5, 0.6) is 0 Å². The van der Waals surface area contributed by atoms with Crippen molar-refractivity contribution in [2.24, 2.45) is 0 Å². The van der Waals surface area contributed by atoms with Crippen LogP contribution in [0.3, 0.4) is 0 Å². The van der Waals surface area contributed by atoms with Gasteiger partial charge in [0.15, 0.2) is 0 Å². The number of carbonyl (C=O) groups is 1. The quantitative estimate of drug-likeness (QED) is 0.748. The van der Waals surface area contributed by atoms with Gasteiger partial charge in [-0.1, -0.05) is 26.0 Å². The molecule has 0 saturated heterocycles. The average Bonchev–Trinajstić information content (AvgIpc) is 2.47. The van der Waals surface area contributed by atoms with Gasteiger partial charge < -0.3 is 15.0 Å². The van der Waals surface area contributed by atoms with Gasteiger partial charge in [-0.05, 0) is 44.5 Å². The van der Waals surface area contributed by atoms with Gasteiger partial charge in [0.05, 0.1) is 6.61 Å². The van der Waals surface area contributed by atoms with Crippen molar-refractivity contribution < 1.29 is 9.53 Å². The number of hydrogen-bond acceptors (Lipinski definition) is 4. The van der Waals surface area contributed by atoms with Crippen LogP contribution in [-0.2, 0) is 16.0 Å². The predicted molar refractivity (Wildman–Crippen MR) is 87.8 cm³/mol. The summed E-state index contributed by atoms with van der Waals surface area (Å²) in [5, 5.41) is 3.25. The first-order valence-corrected chi connectivity index (χ1v) is 7.69. The Bertz CT molecular complexity index is 445. The van der Waals surface area contributed by atoms with Gasteiger partial charge >= 0.3 is 5.97 Å². The Kier molecular flexibility index (Phi) is 6.69. The van der Waals surface area contributed by atoms with Crippen molar-refractivity contribution in [2.45, 2.75) is 39.7 Å². The van der Waals surface area contributed by atoms with E-state index in [0.717, 1.165) is 18.7 Å². The van der Waals surface area contributed by atoms with Gasteiger partial charge in [-0.2, -0.15) is 0 Å². The molecule has 1 unspecified atom stereocenters. The second-order valence-electron chi connectivity index (χ2n) is 5.46. The second kappa shape index (κ2) is 8.03. The maximum Gasteiger partial charge on any atom is 0.327 e. The molecule has 4 heteroatoms. The largest absolute Gasteiger partial charge is 0.465 e. The third-order valence-electron chi connectivity index (χ3n) is 3.63. The maximum absolute atomic E-state index is 12.2. The molecule has 118 valence electrons. The molecule has 0 amide bonds. The molecule has 0 fully saturated rings. The van der Waals surface area contributed by atoms with Crippen molar-refractivity contribution >= 4 is 11.7 Å². The Morgan fingerprint density at radius 3 is 2.33 bits per heavy atom. The molecule has 0 aliphatic rings. The van der Waals surface area contributed by atoms with Crippen LogP contribution in [0.1, 0.15) is 33.3 Å². The van der Waals surface area contributed by atoms with E-state index in [4.69, 9.17) is 4.74 Å². The van der Waals surface area contributed by atoms with E-state index in [9.17, 15) is 4.79 Å². The molecule has 1 N–H and O–H groups in total. The number of aryl methyl sites for hydroxylation is 1. The lowest BCUT2D eigenvalue weighted by Crippen LogP contribution is -2.57. The Balaban J connectivity index is 2.83. The van der Waals surface area contributed by atoms with E-state index in [1.165, 1.54) is 5.56 Å². The molecule has 0 radical (unpaired) electrons. The SMILES string of the molecule is CCNC(C)(CN(C)c1ccc(CC)cc1)C(=O)OCC. The number of esters is 1. The topological polar surface area (TPSA) is 41.6 Å².